The Balaban J connectivity index is 2.53. The molecule has 1 aromatic carbocycles. The van der Waals surface area contributed by atoms with Gasteiger partial charge in [-0.05, 0) is 58.6 Å². The lowest BCUT2D eigenvalue weighted by Gasteiger charge is -2.17. The third-order valence-corrected chi connectivity index (χ3v) is 3.19. The molecule has 0 bridgehead atoms. The van der Waals surface area contributed by atoms with Crippen molar-refractivity contribution in [2.75, 3.05) is 34.4 Å². The van der Waals surface area contributed by atoms with Crippen molar-refractivity contribution >= 4 is 0 Å². The van der Waals surface area contributed by atoms with Gasteiger partial charge in [-0.2, -0.15) is 0 Å². The number of rotatable bonds is 9. The van der Waals surface area contributed by atoms with Crippen LogP contribution in [0.5, 0.6) is 11.5 Å². The molecule has 4 heteroatoms. The van der Waals surface area contributed by atoms with Gasteiger partial charge in [-0.1, -0.05) is 6.07 Å². The average molecular weight is 280 g/mol. The van der Waals surface area contributed by atoms with Gasteiger partial charge in [-0.25, -0.2) is 0 Å². The topological polar surface area (TPSA) is 33.7 Å². The summed E-state index contributed by atoms with van der Waals surface area (Å²) in [5.41, 5.74) is 1.21. The largest absolute Gasteiger partial charge is 0.493 e. The van der Waals surface area contributed by atoms with Gasteiger partial charge in [0.15, 0.2) is 11.5 Å². The summed E-state index contributed by atoms with van der Waals surface area (Å²) in [5, 5.41) is 3.54. The molecule has 0 aromatic heterocycles. The molecular weight excluding hydrogens is 252 g/mol. The van der Waals surface area contributed by atoms with Crippen LogP contribution in [0.2, 0.25) is 0 Å². The van der Waals surface area contributed by atoms with Crippen LogP contribution < -0.4 is 14.8 Å². The van der Waals surface area contributed by atoms with E-state index in [1.165, 1.54) is 5.56 Å². The molecule has 1 N–H and O–H groups in total. The molecule has 0 fully saturated rings. The lowest BCUT2D eigenvalue weighted by Crippen LogP contribution is -2.29. The van der Waals surface area contributed by atoms with Gasteiger partial charge >= 0.3 is 0 Å². The van der Waals surface area contributed by atoms with Crippen molar-refractivity contribution in [1.82, 2.24) is 10.2 Å². The van der Waals surface area contributed by atoms with Crippen molar-refractivity contribution in [2.24, 2.45) is 0 Å². The molecule has 0 aliphatic carbocycles. The Morgan fingerprint density at radius 2 is 2.00 bits per heavy atom. The van der Waals surface area contributed by atoms with E-state index < -0.39 is 0 Å². The second-order valence-corrected chi connectivity index (χ2v) is 5.29. The Kier molecular flexibility index (Phi) is 7.41. The zero-order valence-electron chi connectivity index (χ0n) is 13.4. The van der Waals surface area contributed by atoms with E-state index in [1.807, 2.05) is 19.1 Å². The summed E-state index contributed by atoms with van der Waals surface area (Å²) >= 11 is 0. The van der Waals surface area contributed by atoms with Gasteiger partial charge in [-0.3, -0.25) is 0 Å². The number of methoxy groups -OCH3 is 1. The highest BCUT2D eigenvalue weighted by molar-refractivity contribution is 5.42. The summed E-state index contributed by atoms with van der Waals surface area (Å²) in [7, 11) is 5.87. The van der Waals surface area contributed by atoms with E-state index in [1.54, 1.807) is 7.11 Å². The SMILES string of the molecule is CCOc1cc(CNC(C)CCN(C)C)ccc1OC. The number of ether oxygens (including phenoxy) is 2. The second kappa shape index (κ2) is 8.82. The lowest BCUT2D eigenvalue weighted by atomic mass is 10.1. The molecule has 0 saturated heterocycles. The summed E-state index contributed by atoms with van der Waals surface area (Å²) in [5.74, 6) is 1.60. The van der Waals surface area contributed by atoms with Gasteiger partial charge in [-0.15, -0.1) is 0 Å². The zero-order chi connectivity index (χ0) is 15.0. The Morgan fingerprint density at radius 1 is 1.25 bits per heavy atom. The molecule has 0 spiro atoms. The van der Waals surface area contributed by atoms with E-state index in [0.29, 0.717) is 12.6 Å². The van der Waals surface area contributed by atoms with Gasteiger partial charge < -0.3 is 19.7 Å². The molecule has 1 atom stereocenters. The maximum Gasteiger partial charge on any atom is 0.161 e. The van der Waals surface area contributed by atoms with Crippen molar-refractivity contribution in [1.29, 1.82) is 0 Å². The molecule has 114 valence electrons. The highest BCUT2D eigenvalue weighted by atomic mass is 16.5. The maximum atomic E-state index is 5.59. The molecule has 1 rings (SSSR count). The minimum atomic E-state index is 0.495. The van der Waals surface area contributed by atoms with Gasteiger partial charge in [0.2, 0.25) is 0 Å². The summed E-state index contributed by atoms with van der Waals surface area (Å²) < 4.78 is 10.9. The molecule has 0 aliphatic rings. The van der Waals surface area contributed by atoms with Crippen LogP contribution in [0, 0.1) is 0 Å². The molecular formula is C16H28N2O2. The van der Waals surface area contributed by atoms with Gasteiger partial charge in [0, 0.05) is 12.6 Å². The fraction of sp³-hybridized carbons (Fsp3) is 0.625. The Labute approximate surface area is 123 Å². The monoisotopic (exact) mass is 280 g/mol. The summed E-state index contributed by atoms with van der Waals surface area (Å²) in [6.07, 6.45) is 1.14. The average Bonchev–Trinajstić information content (AvgIpc) is 2.43. The predicted octanol–water partition coefficient (Wildman–Crippen LogP) is 2.52. The highest BCUT2D eigenvalue weighted by Gasteiger charge is 2.07. The smallest absolute Gasteiger partial charge is 0.161 e. The molecule has 0 amide bonds. The van der Waals surface area contributed by atoms with Crippen LogP contribution in [-0.2, 0) is 6.54 Å². The van der Waals surface area contributed by atoms with Gasteiger partial charge in [0.25, 0.3) is 0 Å². The summed E-state index contributed by atoms with van der Waals surface area (Å²) in [6, 6.07) is 6.59. The molecule has 1 aromatic rings. The van der Waals surface area contributed by atoms with Crippen molar-refractivity contribution in [3.05, 3.63) is 23.8 Å². The highest BCUT2D eigenvalue weighted by Crippen LogP contribution is 2.28. The minimum absolute atomic E-state index is 0.495. The first kappa shape index (κ1) is 16.8. The molecule has 0 saturated carbocycles. The lowest BCUT2D eigenvalue weighted by molar-refractivity contribution is 0.310. The van der Waals surface area contributed by atoms with E-state index in [2.05, 4.69) is 37.3 Å². The van der Waals surface area contributed by atoms with Crippen molar-refractivity contribution < 1.29 is 9.47 Å². The van der Waals surface area contributed by atoms with E-state index in [9.17, 15) is 0 Å². The van der Waals surface area contributed by atoms with Crippen LogP contribution in [0.25, 0.3) is 0 Å². The fourth-order valence-corrected chi connectivity index (χ4v) is 1.95. The quantitative estimate of drug-likeness (QED) is 0.753. The Hall–Kier alpha value is -1.26. The van der Waals surface area contributed by atoms with E-state index in [0.717, 1.165) is 31.0 Å². The Morgan fingerprint density at radius 3 is 2.60 bits per heavy atom. The van der Waals surface area contributed by atoms with Crippen LogP contribution >= 0.6 is 0 Å². The van der Waals surface area contributed by atoms with Gasteiger partial charge in [0.1, 0.15) is 0 Å². The van der Waals surface area contributed by atoms with Crippen LogP contribution in [0.15, 0.2) is 18.2 Å². The van der Waals surface area contributed by atoms with Crippen LogP contribution in [-0.4, -0.2) is 45.3 Å². The second-order valence-electron chi connectivity index (χ2n) is 5.29. The molecule has 0 radical (unpaired) electrons. The number of benzene rings is 1. The summed E-state index contributed by atoms with van der Waals surface area (Å²) in [6.45, 7) is 6.79. The predicted molar refractivity (Wildman–Crippen MR) is 83.6 cm³/mol. The third-order valence-electron chi connectivity index (χ3n) is 3.19. The van der Waals surface area contributed by atoms with Crippen molar-refractivity contribution in [2.45, 2.75) is 32.9 Å². The molecule has 20 heavy (non-hydrogen) atoms. The zero-order valence-corrected chi connectivity index (χ0v) is 13.4. The van der Waals surface area contributed by atoms with Crippen LogP contribution in [0.3, 0.4) is 0 Å². The van der Waals surface area contributed by atoms with Crippen LogP contribution in [0.4, 0.5) is 0 Å². The third kappa shape index (κ3) is 5.80. The molecule has 4 nitrogen and oxygen atoms in total. The maximum absolute atomic E-state index is 5.59. The Bertz CT molecular complexity index is 394. The minimum Gasteiger partial charge on any atom is -0.493 e. The van der Waals surface area contributed by atoms with Crippen molar-refractivity contribution in [3.8, 4) is 11.5 Å². The number of hydrogen-bond donors (Lipinski definition) is 1. The number of nitrogens with zero attached hydrogens (tertiary/aromatic N) is 1. The molecule has 0 heterocycles. The van der Waals surface area contributed by atoms with E-state index in [-0.39, 0.29) is 0 Å². The number of hydrogen-bond acceptors (Lipinski definition) is 4. The number of nitrogens with one attached hydrogen (secondary N) is 1. The first-order valence-corrected chi connectivity index (χ1v) is 7.24. The van der Waals surface area contributed by atoms with E-state index >= 15 is 0 Å². The van der Waals surface area contributed by atoms with Gasteiger partial charge in [0.05, 0.1) is 13.7 Å². The fourth-order valence-electron chi connectivity index (χ4n) is 1.95. The first-order valence-electron chi connectivity index (χ1n) is 7.24. The standard InChI is InChI=1S/C16H28N2O2/c1-6-20-16-11-14(7-8-15(16)19-5)12-17-13(2)9-10-18(3)4/h7-8,11,13,17H,6,9-10,12H2,1-5H3. The van der Waals surface area contributed by atoms with Crippen molar-refractivity contribution in [3.63, 3.8) is 0 Å². The summed E-state index contributed by atoms with van der Waals surface area (Å²) in [4.78, 5) is 2.21. The molecule has 1 unspecified atom stereocenters. The normalized spacial score (nSPS) is 12.5. The van der Waals surface area contributed by atoms with Crippen LogP contribution in [0.1, 0.15) is 25.8 Å². The van der Waals surface area contributed by atoms with E-state index in [4.69, 9.17) is 9.47 Å². The first-order chi connectivity index (χ1) is 9.56. The molecule has 0 aliphatic heterocycles.